The van der Waals surface area contributed by atoms with Crippen LogP contribution in [-0.4, -0.2) is 16.8 Å². The molecule has 0 saturated heterocycles. The van der Waals surface area contributed by atoms with Crippen LogP contribution in [0, 0.1) is 0 Å². The normalized spacial score (nSPS) is 14.9. The van der Waals surface area contributed by atoms with Crippen LogP contribution in [0.2, 0.25) is 0 Å². The minimum Gasteiger partial charge on any atom is -0.508 e. The number of hydrogen-bond donors (Lipinski definition) is 2. The third kappa shape index (κ3) is 1.69. The molecule has 0 spiro atoms. The van der Waals surface area contributed by atoms with E-state index in [0.29, 0.717) is 45.9 Å². The van der Waals surface area contributed by atoms with Gasteiger partial charge in [-0.15, -0.1) is 0 Å². The molecule has 0 bridgehead atoms. The molecule has 0 aromatic heterocycles. The highest BCUT2D eigenvalue weighted by Crippen LogP contribution is 2.34. The van der Waals surface area contributed by atoms with Crippen LogP contribution in [0.5, 0.6) is 17.2 Å². The molecule has 5 nitrogen and oxygen atoms in total. The maximum absolute atomic E-state index is 12.4. The molecule has 5 heteroatoms. The predicted molar refractivity (Wildman–Crippen MR) is 81.1 cm³/mol. The van der Waals surface area contributed by atoms with Gasteiger partial charge >= 0.3 is 0 Å². The Balaban J connectivity index is 2.32. The van der Waals surface area contributed by atoms with Gasteiger partial charge in [0.1, 0.15) is 11.5 Å². The Labute approximate surface area is 125 Å². The summed E-state index contributed by atoms with van der Waals surface area (Å²) in [5, 5.41) is 21.4. The summed E-state index contributed by atoms with van der Waals surface area (Å²) in [6.07, 6.45) is 6.91. The van der Waals surface area contributed by atoms with Crippen LogP contribution in [-0.2, 0) is 4.74 Å². The summed E-state index contributed by atoms with van der Waals surface area (Å²) in [5.74, 6) is 0.0406. The molecule has 22 heavy (non-hydrogen) atoms. The molecule has 4 rings (SSSR count). The molecular formula is C17H12O5. The van der Waals surface area contributed by atoms with Crippen molar-refractivity contribution >= 4 is 18.4 Å². The Morgan fingerprint density at radius 3 is 2.86 bits per heavy atom. The summed E-state index contributed by atoms with van der Waals surface area (Å²) in [5.41, 5.74) is 0.974. The molecule has 2 heterocycles. The first kappa shape index (κ1) is 12.8. The van der Waals surface area contributed by atoms with Crippen molar-refractivity contribution in [3.63, 3.8) is 0 Å². The maximum atomic E-state index is 12.4. The van der Waals surface area contributed by atoms with Crippen molar-refractivity contribution < 1.29 is 19.7 Å². The summed E-state index contributed by atoms with van der Waals surface area (Å²) in [6, 6.07) is 3.04. The lowest BCUT2D eigenvalue weighted by Crippen LogP contribution is -2.32. The average molecular weight is 296 g/mol. The minimum absolute atomic E-state index is 0.0145. The molecule has 110 valence electrons. The predicted octanol–water partition coefficient (Wildman–Crippen LogP) is 0.865. The molecule has 0 radical (unpaired) electrons. The molecule has 2 aliphatic carbocycles. The highest BCUT2D eigenvalue weighted by atomic mass is 16.5. The molecule has 0 saturated carbocycles. The molecule has 0 amide bonds. The molecule has 4 aliphatic rings. The second kappa shape index (κ2) is 4.53. The summed E-state index contributed by atoms with van der Waals surface area (Å²) < 4.78 is 10.8. The first-order chi connectivity index (χ1) is 10.7. The molecule has 2 aliphatic heterocycles. The van der Waals surface area contributed by atoms with Crippen LogP contribution in [0.25, 0.3) is 29.5 Å². The number of benzene rings is 1. The number of fused-ring (bicyclic) bond motifs is 5. The van der Waals surface area contributed by atoms with E-state index in [1.165, 1.54) is 18.6 Å². The van der Waals surface area contributed by atoms with Gasteiger partial charge in [0.25, 0.3) is 0 Å². The zero-order valence-electron chi connectivity index (χ0n) is 11.5. The number of phenolic OH excluding ortho intramolecular Hbond substituents is 1. The van der Waals surface area contributed by atoms with Gasteiger partial charge in [-0.05, 0) is 23.8 Å². The molecule has 0 aromatic rings. The largest absolute Gasteiger partial charge is 0.508 e. The molecule has 2 N–H and O–H groups in total. The molecule has 0 aromatic carbocycles. The van der Waals surface area contributed by atoms with Crippen LogP contribution in [0.1, 0.15) is 12.0 Å². The van der Waals surface area contributed by atoms with Gasteiger partial charge in [-0.1, -0.05) is 6.08 Å². The lowest BCUT2D eigenvalue weighted by molar-refractivity contribution is 0.318. The van der Waals surface area contributed by atoms with Gasteiger partial charge in [0.15, 0.2) is 5.75 Å². The first-order valence-electron chi connectivity index (χ1n) is 6.88. The average Bonchev–Trinajstić information content (AvgIpc) is 2.68. The summed E-state index contributed by atoms with van der Waals surface area (Å²) in [4.78, 5) is 12.4. The number of ether oxygens (including phenoxy) is 2. The lowest BCUT2D eigenvalue weighted by Gasteiger charge is -2.17. The molecule has 0 atom stereocenters. The zero-order chi connectivity index (χ0) is 15.3. The van der Waals surface area contributed by atoms with E-state index in [9.17, 15) is 15.0 Å². The Morgan fingerprint density at radius 1 is 1.14 bits per heavy atom. The number of aromatic hydroxyl groups is 2. The Morgan fingerprint density at radius 2 is 2.00 bits per heavy atom. The number of hydrogen-bond acceptors (Lipinski definition) is 5. The molecular weight excluding hydrogens is 284 g/mol. The standard InChI is InChI=1S/C17H12O5/c18-10-6-9-3-5-21-8-13(9)14-12(7-10)17-11(2-1-4-22-17)15(19)16(14)20/h2-3,5-8,18,20H,1,4H2. The molecule has 0 unspecified atom stereocenters. The molecule has 0 fully saturated rings. The van der Waals surface area contributed by atoms with Crippen LogP contribution >= 0.6 is 0 Å². The van der Waals surface area contributed by atoms with Crippen molar-refractivity contribution in [1.29, 1.82) is 0 Å². The van der Waals surface area contributed by atoms with Crippen molar-refractivity contribution in [3.05, 3.63) is 44.6 Å². The van der Waals surface area contributed by atoms with E-state index in [2.05, 4.69) is 0 Å². The highest BCUT2D eigenvalue weighted by molar-refractivity contribution is 5.82. The second-order valence-electron chi connectivity index (χ2n) is 5.19. The van der Waals surface area contributed by atoms with E-state index in [0.717, 1.165) is 0 Å². The Bertz CT molecular complexity index is 972. The van der Waals surface area contributed by atoms with Gasteiger partial charge in [-0.3, -0.25) is 4.79 Å². The summed E-state index contributed by atoms with van der Waals surface area (Å²) in [6.45, 7) is 0.452. The zero-order valence-corrected chi connectivity index (χ0v) is 11.5. The third-order valence-electron chi connectivity index (χ3n) is 3.86. The SMILES string of the molecule is O=c1c(O)c2c3c(cc(O)cc-2c2c1=CCCO2)C=COC=3. The quantitative estimate of drug-likeness (QED) is 0.754. The van der Waals surface area contributed by atoms with Gasteiger partial charge in [0, 0.05) is 22.8 Å². The van der Waals surface area contributed by atoms with Crippen LogP contribution in [0.15, 0.2) is 23.2 Å². The van der Waals surface area contributed by atoms with E-state index >= 15 is 0 Å². The number of rotatable bonds is 0. The van der Waals surface area contributed by atoms with Crippen LogP contribution < -0.4 is 20.6 Å². The van der Waals surface area contributed by atoms with E-state index in [1.54, 1.807) is 18.2 Å². The van der Waals surface area contributed by atoms with Crippen molar-refractivity contribution in [2.75, 3.05) is 6.61 Å². The van der Waals surface area contributed by atoms with Crippen molar-refractivity contribution in [3.8, 4) is 28.4 Å². The maximum Gasteiger partial charge on any atom is 0.231 e. The van der Waals surface area contributed by atoms with Gasteiger partial charge in [-0.2, -0.15) is 0 Å². The van der Waals surface area contributed by atoms with E-state index < -0.39 is 5.43 Å². The smallest absolute Gasteiger partial charge is 0.231 e. The number of phenols is 1. The monoisotopic (exact) mass is 296 g/mol. The summed E-state index contributed by atoms with van der Waals surface area (Å²) >= 11 is 0. The van der Waals surface area contributed by atoms with Gasteiger partial charge in [0.2, 0.25) is 5.43 Å². The van der Waals surface area contributed by atoms with Crippen LogP contribution in [0.4, 0.5) is 0 Å². The first-order valence-corrected chi connectivity index (χ1v) is 6.88. The fraction of sp³-hybridized carbons (Fsp3) is 0.118. The lowest BCUT2D eigenvalue weighted by atomic mass is 9.97. The van der Waals surface area contributed by atoms with Gasteiger partial charge in [0.05, 0.1) is 24.3 Å². The topological polar surface area (TPSA) is 76.0 Å². The fourth-order valence-electron chi connectivity index (χ4n) is 2.90. The summed E-state index contributed by atoms with van der Waals surface area (Å²) in [7, 11) is 0. The second-order valence-corrected chi connectivity index (χ2v) is 5.19. The fourth-order valence-corrected chi connectivity index (χ4v) is 2.90. The van der Waals surface area contributed by atoms with Crippen molar-refractivity contribution in [1.82, 2.24) is 0 Å². The van der Waals surface area contributed by atoms with E-state index in [1.807, 2.05) is 0 Å². The van der Waals surface area contributed by atoms with Crippen molar-refractivity contribution in [2.45, 2.75) is 6.42 Å². The van der Waals surface area contributed by atoms with Gasteiger partial charge < -0.3 is 19.7 Å². The van der Waals surface area contributed by atoms with E-state index in [4.69, 9.17) is 9.47 Å². The Kier molecular flexibility index (Phi) is 2.63. The van der Waals surface area contributed by atoms with E-state index in [-0.39, 0.29) is 11.5 Å². The minimum atomic E-state index is -0.474. The third-order valence-corrected chi connectivity index (χ3v) is 3.86. The van der Waals surface area contributed by atoms with Crippen molar-refractivity contribution in [2.24, 2.45) is 0 Å². The van der Waals surface area contributed by atoms with Crippen LogP contribution in [0.3, 0.4) is 0 Å². The van der Waals surface area contributed by atoms with Gasteiger partial charge in [-0.25, -0.2) is 0 Å². The Hall–Kier alpha value is -2.95. The highest BCUT2D eigenvalue weighted by Gasteiger charge is 2.23.